The van der Waals surface area contributed by atoms with Gasteiger partial charge in [0.1, 0.15) is 0 Å². The molecule has 5 heteroatoms. The van der Waals surface area contributed by atoms with Crippen molar-refractivity contribution in [3.8, 4) is 0 Å². The fraction of sp³-hybridized carbons (Fsp3) is 0.0800. The molecule has 0 N–H and O–H groups in total. The molecule has 4 rings (SSSR count). The minimum absolute atomic E-state index is 0.216. The number of hydrogen-bond acceptors (Lipinski definition) is 5. The maximum absolute atomic E-state index is 13.1. The molecule has 1 heterocycles. The fourth-order valence-corrected chi connectivity index (χ4v) is 4.34. The summed E-state index contributed by atoms with van der Waals surface area (Å²) in [6, 6.07) is 23.2. The molecule has 3 aromatic carbocycles. The largest absolute Gasteiger partial charge is 0.454 e. The maximum atomic E-state index is 13.1. The molecule has 0 aliphatic heterocycles. The lowest BCUT2D eigenvalue weighted by Gasteiger charge is -2.07. The van der Waals surface area contributed by atoms with E-state index in [-0.39, 0.29) is 23.7 Å². The van der Waals surface area contributed by atoms with Gasteiger partial charge in [0.25, 0.3) is 0 Å². The van der Waals surface area contributed by atoms with Gasteiger partial charge in [-0.05, 0) is 19.1 Å². The summed E-state index contributed by atoms with van der Waals surface area (Å²) in [7, 11) is 0. The highest BCUT2D eigenvalue weighted by Crippen LogP contribution is 2.34. The van der Waals surface area contributed by atoms with Gasteiger partial charge >= 0.3 is 5.97 Å². The van der Waals surface area contributed by atoms with E-state index in [1.807, 2.05) is 37.3 Å². The molecule has 0 atom stereocenters. The van der Waals surface area contributed by atoms with Crippen LogP contribution in [0.4, 0.5) is 0 Å². The molecule has 0 bridgehead atoms. The van der Waals surface area contributed by atoms with Gasteiger partial charge < -0.3 is 4.74 Å². The molecule has 4 aromatic rings. The standard InChI is InChI=1S/C25H18O4S/c1-16-12-13-21-19(14-16)22(24(30-21)23(27)18-10-6-3-7-11-18)25(28)29-15-20(26)17-8-4-2-5-9-17/h2-14H,15H2,1H3. The number of aryl methyl sites for hydroxylation is 1. The molecule has 0 spiro atoms. The summed E-state index contributed by atoms with van der Waals surface area (Å²) in [5.74, 6) is -1.21. The lowest BCUT2D eigenvalue weighted by atomic mass is 10.0. The van der Waals surface area contributed by atoms with E-state index >= 15 is 0 Å². The van der Waals surface area contributed by atoms with Gasteiger partial charge in [-0.1, -0.05) is 72.3 Å². The molecule has 0 amide bonds. The zero-order valence-corrected chi connectivity index (χ0v) is 17.1. The number of benzene rings is 3. The third kappa shape index (κ3) is 3.93. The molecule has 30 heavy (non-hydrogen) atoms. The van der Waals surface area contributed by atoms with Crippen molar-refractivity contribution < 1.29 is 19.1 Å². The molecule has 0 unspecified atom stereocenters. The number of rotatable bonds is 6. The zero-order valence-electron chi connectivity index (χ0n) is 16.3. The summed E-state index contributed by atoms with van der Waals surface area (Å²) in [5.41, 5.74) is 2.15. The minimum atomic E-state index is -0.671. The molecule has 0 radical (unpaired) electrons. The van der Waals surface area contributed by atoms with E-state index in [0.717, 1.165) is 10.3 Å². The van der Waals surface area contributed by atoms with E-state index in [9.17, 15) is 14.4 Å². The number of fused-ring (bicyclic) bond motifs is 1. The zero-order chi connectivity index (χ0) is 21.1. The summed E-state index contributed by atoms with van der Waals surface area (Å²) >= 11 is 1.26. The number of carbonyl (C=O) groups excluding carboxylic acids is 3. The van der Waals surface area contributed by atoms with E-state index in [1.54, 1.807) is 48.5 Å². The second-order valence-corrected chi connectivity index (χ2v) is 7.92. The Hall–Kier alpha value is -3.57. The van der Waals surface area contributed by atoms with Crippen LogP contribution in [0.3, 0.4) is 0 Å². The van der Waals surface area contributed by atoms with Crippen molar-refractivity contribution in [2.24, 2.45) is 0 Å². The van der Waals surface area contributed by atoms with Gasteiger partial charge in [0.05, 0.1) is 10.4 Å². The molecule has 0 saturated carbocycles. The predicted octanol–water partition coefficient (Wildman–Crippen LogP) is 5.48. The van der Waals surface area contributed by atoms with Gasteiger partial charge in [-0.15, -0.1) is 11.3 Å². The molecular formula is C25H18O4S. The molecule has 1 aromatic heterocycles. The van der Waals surface area contributed by atoms with Crippen LogP contribution < -0.4 is 0 Å². The van der Waals surface area contributed by atoms with Crippen LogP contribution in [-0.2, 0) is 4.74 Å². The lowest BCUT2D eigenvalue weighted by Crippen LogP contribution is -2.16. The minimum Gasteiger partial charge on any atom is -0.454 e. The quantitative estimate of drug-likeness (QED) is 0.310. The Labute approximate surface area is 177 Å². The van der Waals surface area contributed by atoms with Crippen LogP contribution in [0.1, 0.15) is 41.5 Å². The first-order chi connectivity index (χ1) is 14.5. The first-order valence-electron chi connectivity index (χ1n) is 9.43. The van der Waals surface area contributed by atoms with E-state index < -0.39 is 5.97 Å². The van der Waals surface area contributed by atoms with Crippen LogP contribution in [0.25, 0.3) is 10.1 Å². The van der Waals surface area contributed by atoms with Gasteiger partial charge in [-0.3, -0.25) is 9.59 Å². The second kappa shape index (κ2) is 8.43. The van der Waals surface area contributed by atoms with Crippen LogP contribution in [0.2, 0.25) is 0 Å². The Morgan fingerprint density at radius 1 is 0.833 bits per heavy atom. The van der Waals surface area contributed by atoms with Crippen LogP contribution in [0.15, 0.2) is 78.9 Å². The summed E-state index contributed by atoms with van der Waals surface area (Å²) in [6.45, 7) is 1.54. The number of thiophene rings is 1. The van der Waals surface area contributed by atoms with Crippen LogP contribution >= 0.6 is 11.3 Å². The molecule has 148 valence electrons. The van der Waals surface area contributed by atoms with Crippen molar-refractivity contribution in [1.29, 1.82) is 0 Å². The topological polar surface area (TPSA) is 60.4 Å². The monoisotopic (exact) mass is 414 g/mol. The van der Waals surface area contributed by atoms with Crippen molar-refractivity contribution in [3.63, 3.8) is 0 Å². The molecule has 0 aliphatic carbocycles. The Morgan fingerprint density at radius 3 is 2.13 bits per heavy atom. The first-order valence-corrected chi connectivity index (χ1v) is 10.2. The Balaban J connectivity index is 1.69. The van der Waals surface area contributed by atoms with Gasteiger partial charge in [-0.2, -0.15) is 0 Å². The van der Waals surface area contributed by atoms with Gasteiger partial charge in [0.2, 0.25) is 5.78 Å². The highest BCUT2D eigenvalue weighted by Gasteiger charge is 2.26. The number of esters is 1. The first kappa shape index (κ1) is 19.7. The smallest absolute Gasteiger partial charge is 0.340 e. The number of carbonyl (C=O) groups is 3. The van der Waals surface area contributed by atoms with Crippen molar-refractivity contribution in [3.05, 3.63) is 106 Å². The average Bonchev–Trinajstić information content (AvgIpc) is 3.16. The van der Waals surface area contributed by atoms with Crippen LogP contribution in [0.5, 0.6) is 0 Å². The lowest BCUT2D eigenvalue weighted by molar-refractivity contribution is 0.0475. The van der Waals surface area contributed by atoms with Crippen molar-refractivity contribution in [2.45, 2.75) is 6.92 Å². The maximum Gasteiger partial charge on any atom is 0.340 e. The van der Waals surface area contributed by atoms with Crippen molar-refractivity contribution in [2.75, 3.05) is 6.61 Å². The number of ketones is 2. The molecule has 0 aliphatic rings. The summed E-state index contributed by atoms with van der Waals surface area (Å²) in [5, 5.41) is 0.663. The van der Waals surface area contributed by atoms with E-state index in [0.29, 0.717) is 21.4 Å². The summed E-state index contributed by atoms with van der Waals surface area (Å²) in [6.07, 6.45) is 0. The number of hydrogen-bond donors (Lipinski definition) is 0. The van der Waals surface area contributed by atoms with E-state index in [2.05, 4.69) is 0 Å². The van der Waals surface area contributed by atoms with Crippen LogP contribution in [0, 0.1) is 6.92 Å². The highest BCUT2D eigenvalue weighted by atomic mass is 32.1. The fourth-order valence-electron chi connectivity index (χ4n) is 3.21. The Kier molecular flexibility index (Phi) is 5.55. The SMILES string of the molecule is Cc1ccc2sc(C(=O)c3ccccc3)c(C(=O)OCC(=O)c3ccccc3)c2c1. The summed E-state index contributed by atoms with van der Waals surface area (Å²) in [4.78, 5) is 38.8. The van der Waals surface area contributed by atoms with E-state index in [4.69, 9.17) is 4.74 Å². The van der Waals surface area contributed by atoms with E-state index in [1.165, 1.54) is 11.3 Å². The van der Waals surface area contributed by atoms with Gasteiger partial charge in [0.15, 0.2) is 12.4 Å². The second-order valence-electron chi connectivity index (χ2n) is 6.87. The Morgan fingerprint density at radius 2 is 1.47 bits per heavy atom. The van der Waals surface area contributed by atoms with Gasteiger partial charge in [0, 0.05) is 21.2 Å². The number of Topliss-reactive ketones (excluding diaryl/α,β-unsaturated/α-hetero) is 1. The van der Waals surface area contributed by atoms with Crippen molar-refractivity contribution >= 4 is 39.0 Å². The number of ether oxygens (including phenoxy) is 1. The van der Waals surface area contributed by atoms with Crippen molar-refractivity contribution in [1.82, 2.24) is 0 Å². The van der Waals surface area contributed by atoms with Crippen LogP contribution in [-0.4, -0.2) is 24.1 Å². The normalized spacial score (nSPS) is 10.7. The third-order valence-electron chi connectivity index (χ3n) is 4.72. The average molecular weight is 414 g/mol. The summed E-state index contributed by atoms with van der Waals surface area (Å²) < 4.78 is 6.16. The Bertz CT molecular complexity index is 1240. The molecule has 0 saturated heterocycles. The highest BCUT2D eigenvalue weighted by molar-refractivity contribution is 7.21. The third-order valence-corrected chi connectivity index (χ3v) is 5.89. The molecular weight excluding hydrogens is 396 g/mol. The van der Waals surface area contributed by atoms with Gasteiger partial charge in [-0.25, -0.2) is 4.79 Å². The predicted molar refractivity (Wildman–Crippen MR) is 117 cm³/mol. The molecule has 4 nitrogen and oxygen atoms in total. The molecule has 0 fully saturated rings.